The molecule has 7 heteroatoms. The molecule has 0 aliphatic heterocycles. The Morgan fingerprint density at radius 2 is 1.78 bits per heavy atom. The van der Waals surface area contributed by atoms with Crippen LogP contribution in [-0.4, -0.2) is 35.3 Å². The maximum absolute atomic E-state index is 5.23. The van der Waals surface area contributed by atoms with Crippen LogP contribution in [0.2, 0.25) is 0 Å². The number of hydrogen-bond acceptors (Lipinski definition) is 5. The van der Waals surface area contributed by atoms with Gasteiger partial charge in [0.2, 0.25) is 0 Å². The van der Waals surface area contributed by atoms with Gasteiger partial charge in [-0.25, -0.2) is 4.68 Å². The highest BCUT2D eigenvalue weighted by molar-refractivity contribution is 9.10. The summed E-state index contributed by atoms with van der Waals surface area (Å²) in [6.07, 6.45) is 4.69. The van der Waals surface area contributed by atoms with E-state index in [4.69, 9.17) is 9.47 Å². The lowest BCUT2D eigenvalue weighted by molar-refractivity contribution is 0.354. The summed E-state index contributed by atoms with van der Waals surface area (Å²) in [6.45, 7) is 0. The van der Waals surface area contributed by atoms with Crippen molar-refractivity contribution in [2.75, 3.05) is 14.2 Å². The summed E-state index contributed by atoms with van der Waals surface area (Å²) in [7, 11) is 3.18. The quantitative estimate of drug-likeness (QED) is 0.810. The average molecular weight is 311 g/mol. The van der Waals surface area contributed by atoms with Gasteiger partial charge < -0.3 is 9.47 Å². The molecular weight excluding hydrogens is 300 g/mol. The molecule has 0 aliphatic rings. The molecule has 0 radical (unpaired) electrons. The molecule has 0 fully saturated rings. The molecule has 1 aromatic carbocycles. The second-order valence-corrected chi connectivity index (χ2v) is 4.17. The number of halogens is 1. The van der Waals surface area contributed by atoms with E-state index in [0.29, 0.717) is 11.5 Å². The zero-order chi connectivity index (χ0) is 13.0. The topological polar surface area (TPSA) is 61.5 Å². The monoisotopic (exact) mass is 310 g/mol. The molecule has 94 valence electrons. The molecule has 1 aromatic heterocycles. The van der Waals surface area contributed by atoms with Crippen LogP contribution in [0.3, 0.4) is 0 Å². The van der Waals surface area contributed by atoms with Crippen LogP contribution in [0.25, 0.3) is 0 Å². The van der Waals surface area contributed by atoms with E-state index >= 15 is 0 Å². The number of methoxy groups -OCH3 is 2. The van der Waals surface area contributed by atoms with Gasteiger partial charge in [-0.2, -0.15) is 5.10 Å². The van der Waals surface area contributed by atoms with E-state index in [1.807, 2.05) is 12.1 Å². The second kappa shape index (κ2) is 5.63. The van der Waals surface area contributed by atoms with E-state index in [0.717, 1.165) is 10.0 Å². The minimum atomic E-state index is 0.644. The Morgan fingerprint density at radius 1 is 1.17 bits per heavy atom. The van der Waals surface area contributed by atoms with Crippen molar-refractivity contribution in [3.05, 3.63) is 34.8 Å². The van der Waals surface area contributed by atoms with Gasteiger partial charge in [-0.3, -0.25) is 0 Å². The zero-order valence-corrected chi connectivity index (χ0v) is 11.5. The van der Waals surface area contributed by atoms with Crippen LogP contribution in [-0.2, 0) is 0 Å². The second-order valence-electron chi connectivity index (χ2n) is 3.32. The summed E-state index contributed by atoms with van der Waals surface area (Å²) in [4.78, 5) is 0. The Morgan fingerprint density at radius 3 is 2.39 bits per heavy atom. The third kappa shape index (κ3) is 2.67. The van der Waals surface area contributed by atoms with Gasteiger partial charge in [-0.15, -0.1) is 10.2 Å². The first-order chi connectivity index (χ1) is 8.74. The van der Waals surface area contributed by atoms with Gasteiger partial charge in [0.05, 0.1) is 20.4 Å². The van der Waals surface area contributed by atoms with E-state index < -0.39 is 0 Å². The van der Waals surface area contributed by atoms with Crippen LogP contribution in [0.4, 0.5) is 0 Å². The minimum Gasteiger partial charge on any atom is -0.493 e. The summed E-state index contributed by atoms with van der Waals surface area (Å²) in [5.74, 6) is 1.30. The van der Waals surface area contributed by atoms with Crippen molar-refractivity contribution in [2.45, 2.75) is 0 Å². The lowest BCUT2D eigenvalue weighted by Gasteiger charge is -2.09. The van der Waals surface area contributed by atoms with E-state index in [-0.39, 0.29) is 0 Å². The number of rotatable bonds is 4. The molecule has 0 spiro atoms. The van der Waals surface area contributed by atoms with E-state index in [1.54, 1.807) is 20.4 Å². The molecule has 6 nitrogen and oxygen atoms in total. The van der Waals surface area contributed by atoms with Crippen molar-refractivity contribution in [1.82, 2.24) is 14.9 Å². The van der Waals surface area contributed by atoms with Gasteiger partial charge in [-0.1, -0.05) is 0 Å². The zero-order valence-electron chi connectivity index (χ0n) is 9.87. The van der Waals surface area contributed by atoms with Crippen LogP contribution in [0.15, 0.2) is 34.4 Å². The fourth-order valence-electron chi connectivity index (χ4n) is 1.35. The van der Waals surface area contributed by atoms with Crippen molar-refractivity contribution in [2.24, 2.45) is 5.10 Å². The average Bonchev–Trinajstić information content (AvgIpc) is 2.90. The van der Waals surface area contributed by atoms with E-state index in [9.17, 15) is 0 Å². The minimum absolute atomic E-state index is 0.644. The van der Waals surface area contributed by atoms with Crippen molar-refractivity contribution in [3.63, 3.8) is 0 Å². The van der Waals surface area contributed by atoms with Crippen LogP contribution in [0.1, 0.15) is 5.56 Å². The number of benzene rings is 1. The molecule has 2 aromatic rings. The summed E-state index contributed by atoms with van der Waals surface area (Å²) in [5.41, 5.74) is 0.862. The maximum atomic E-state index is 5.23. The molecule has 1 heterocycles. The third-order valence-corrected chi connectivity index (χ3v) is 2.93. The lowest BCUT2D eigenvalue weighted by Crippen LogP contribution is -1.94. The van der Waals surface area contributed by atoms with Crippen LogP contribution in [0, 0.1) is 0 Å². The standard InChI is InChI=1S/C11H11BrN4O2/c1-17-10-3-8(9(12)4-11(10)18-2)5-15-16-6-13-14-7-16/h3-7H,1-2H3/b15-5+. The summed E-state index contributed by atoms with van der Waals surface area (Å²) in [5, 5.41) is 11.5. The van der Waals surface area contributed by atoms with E-state index in [1.165, 1.54) is 17.3 Å². The highest BCUT2D eigenvalue weighted by atomic mass is 79.9. The summed E-state index contributed by atoms with van der Waals surface area (Å²) in [6, 6.07) is 3.66. The molecule has 0 atom stereocenters. The molecular formula is C11H11BrN4O2. The smallest absolute Gasteiger partial charge is 0.161 e. The van der Waals surface area contributed by atoms with Gasteiger partial charge in [0, 0.05) is 10.0 Å². The third-order valence-electron chi connectivity index (χ3n) is 2.24. The lowest BCUT2D eigenvalue weighted by atomic mass is 10.2. The largest absolute Gasteiger partial charge is 0.493 e. The van der Waals surface area contributed by atoms with Crippen molar-refractivity contribution < 1.29 is 9.47 Å². The molecule has 18 heavy (non-hydrogen) atoms. The van der Waals surface area contributed by atoms with E-state index in [2.05, 4.69) is 31.2 Å². The normalized spacial score (nSPS) is 10.8. The van der Waals surface area contributed by atoms with Crippen LogP contribution in [0.5, 0.6) is 11.5 Å². The number of hydrogen-bond donors (Lipinski definition) is 0. The Labute approximate surface area is 112 Å². The predicted octanol–water partition coefficient (Wildman–Crippen LogP) is 1.94. The summed E-state index contributed by atoms with van der Waals surface area (Å²) < 4.78 is 12.8. The molecule has 2 rings (SSSR count). The highest BCUT2D eigenvalue weighted by Crippen LogP contribution is 2.32. The van der Waals surface area contributed by atoms with Crippen molar-refractivity contribution in [3.8, 4) is 11.5 Å². The molecule has 0 bridgehead atoms. The Hall–Kier alpha value is -1.89. The SMILES string of the molecule is COc1cc(Br)c(/C=N/n2cnnc2)cc1OC. The van der Waals surface area contributed by atoms with Crippen LogP contribution < -0.4 is 9.47 Å². The number of ether oxygens (including phenoxy) is 2. The molecule has 0 saturated carbocycles. The van der Waals surface area contributed by atoms with Gasteiger partial charge in [0.25, 0.3) is 0 Å². The molecule has 0 aliphatic carbocycles. The van der Waals surface area contributed by atoms with Gasteiger partial charge in [-0.05, 0) is 28.1 Å². The van der Waals surface area contributed by atoms with Crippen LogP contribution >= 0.6 is 15.9 Å². The van der Waals surface area contributed by atoms with Gasteiger partial charge in [0.1, 0.15) is 12.7 Å². The first kappa shape index (κ1) is 12.6. The molecule has 0 amide bonds. The summed E-state index contributed by atoms with van der Waals surface area (Å²) >= 11 is 3.45. The van der Waals surface area contributed by atoms with Gasteiger partial charge in [0.15, 0.2) is 11.5 Å². The Kier molecular flexibility index (Phi) is 3.93. The van der Waals surface area contributed by atoms with Crippen molar-refractivity contribution >= 4 is 22.1 Å². The maximum Gasteiger partial charge on any atom is 0.161 e. The highest BCUT2D eigenvalue weighted by Gasteiger charge is 2.08. The Balaban J connectivity index is 2.33. The number of aromatic nitrogens is 3. The van der Waals surface area contributed by atoms with Gasteiger partial charge >= 0.3 is 0 Å². The fraction of sp³-hybridized carbons (Fsp3) is 0.182. The molecule has 0 unspecified atom stereocenters. The first-order valence-electron chi connectivity index (χ1n) is 5.05. The molecule has 0 N–H and O–H groups in total. The first-order valence-corrected chi connectivity index (χ1v) is 5.84. The number of nitrogens with zero attached hydrogens (tertiary/aromatic N) is 4. The predicted molar refractivity (Wildman–Crippen MR) is 70.3 cm³/mol. The fourth-order valence-corrected chi connectivity index (χ4v) is 1.78. The molecule has 0 saturated heterocycles. The van der Waals surface area contributed by atoms with Crippen molar-refractivity contribution in [1.29, 1.82) is 0 Å². The Bertz CT molecular complexity index is 554.